The molecule has 1 fully saturated rings. The number of rotatable bonds is 2. The first kappa shape index (κ1) is 18.3. The van der Waals surface area contributed by atoms with Crippen LogP contribution < -0.4 is 0 Å². The highest BCUT2D eigenvalue weighted by Crippen LogP contribution is 2.24. The van der Waals surface area contributed by atoms with E-state index in [1.165, 1.54) is 77.0 Å². The summed E-state index contributed by atoms with van der Waals surface area (Å²) >= 11 is 0. The second kappa shape index (κ2) is 14.2. The van der Waals surface area contributed by atoms with Gasteiger partial charge in [0.05, 0.1) is 7.85 Å². The van der Waals surface area contributed by atoms with Crippen LogP contribution in [0.25, 0.3) is 0 Å². The zero-order valence-corrected chi connectivity index (χ0v) is 13.7. The van der Waals surface area contributed by atoms with Crippen molar-refractivity contribution < 1.29 is 0 Å². The largest absolute Gasteiger partial charge is 0.265 e. The minimum absolute atomic E-state index is 0.894. The van der Waals surface area contributed by atoms with Crippen molar-refractivity contribution >= 4 is 7.85 Å². The van der Waals surface area contributed by atoms with Gasteiger partial charge in [0.15, 0.2) is 0 Å². The maximum absolute atomic E-state index is 5.68. The second-order valence-electron chi connectivity index (χ2n) is 6.23. The van der Waals surface area contributed by atoms with Gasteiger partial charge in [-0.1, -0.05) is 89.4 Å². The van der Waals surface area contributed by atoms with Crippen LogP contribution in [-0.4, -0.2) is 12.8 Å². The Bertz CT molecular complexity index is 263. The Kier molecular flexibility index (Phi) is 12.3. The van der Waals surface area contributed by atoms with E-state index in [1.807, 2.05) is 18.2 Å². The maximum atomic E-state index is 5.68. The molecule has 1 aliphatic rings. The van der Waals surface area contributed by atoms with Gasteiger partial charge >= 0.3 is 0 Å². The molecule has 0 saturated heterocycles. The van der Waals surface area contributed by atoms with Crippen molar-refractivity contribution in [3.05, 3.63) is 30.6 Å². The third-order valence-corrected chi connectivity index (χ3v) is 4.37. The molecule has 1 aliphatic carbocycles. The van der Waals surface area contributed by atoms with E-state index in [9.17, 15) is 0 Å². The second-order valence-corrected chi connectivity index (χ2v) is 6.23. The van der Waals surface area contributed by atoms with Crippen molar-refractivity contribution in [3.8, 4) is 0 Å². The fourth-order valence-electron chi connectivity index (χ4n) is 3.08. The Labute approximate surface area is 133 Å². The van der Waals surface area contributed by atoms with Gasteiger partial charge in [-0.2, -0.15) is 0 Å². The normalized spacial score (nSPS) is 18.7. The Hall–Kier alpha value is -0.785. The Morgan fingerprint density at radius 1 is 0.714 bits per heavy atom. The number of pyridine rings is 1. The fraction of sp³-hybridized carbons (Fsp3) is 0.737. The number of hydrogen-bond donors (Lipinski definition) is 0. The molecule has 0 N–H and O–H groups in total. The molecule has 0 amide bonds. The molecule has 2 rings (SSSR count). The molecule has 0 spiro atoms. The summed E-state index contributed by atoms with van der Waals surface area (Å²) < 4.78 is 0. The van der Waals surface area contributed by atoms with Gasteiger partial charge in [0.1, 0.15) is 0 Å². The van der Waals surface area contributed by atoms with Crippen LogP contribution in [0, 0.1) is 5.92 Å². The van der Waals surface area contributed by atoms with E-state index in [-0.39, 0.29) is 0 Å². The molecule has 0 bridgehead atoms. The molecular formula is C19H32BN. The summed E-state index contributed by atoms with van der Waals surface area (Å²) in [6.07, 6.45) is 21.7. The molecule has 0 unspecified atom stereocenters. The molecule has 21 heavy (non-hydrogen) atoms. The first-order chi connectivity index (χ1) is 10.4. The topological polar surface area (TPSA) is 12.9 Å². The fourth-order valence-corrected chi connectivity index (χ4v) is 3.08. The summed E-state index contributed by atoms with van der Waals surface area (Å²) in [7, 11) is 5.68. The lowest BCUT2D eigenvalue weighted by Crippen LogP contribution is -2.01. The summed E-state index contributed by atoms with van der Waals surface area (Å²) in [6, 6.07) is 5.72. The molecule has 1 aromatic rings. The molecule has 2 heteroatoms. The van der Waals surface area contributed by atoms with Crippen LogP contribution in [0.2, 0.25) is 6.32 Å². The molecule has 2 radical (unpaired) electrons. The molecular weight excluding hydrogens is 253 g/mol. The van der Waals surface area contributed by atoms with Gasteiger partial charge in [-0.05, 0) is 18.1 Å². The summed E-state index contributed by atoms with van der Waals surface area (Å²) in [4.78, 5) is 3.78. The van der Waals surface area contributed by atoms with Crippen molar-refractivity contribution in [1.82, 2.24) is 4.98 Å². The molecule has 0 atom stereocenters. The minimum atomic E-state index is 0.894. The first-order valence-electron chi connectivity index (χ1n) is 8.98. The quantitative estimate of drug-likeness (QED) is 0.610. The third kappa shape index (κ3) is 11.5. The molecule has 1 aromatic heterocycles. The van der Waals surface area contributed by atoms with Crippen LogP contribution in [0.15, 0.2) is 30.6 Å². The Balaban J connectivity index is 0.000000304. The molecule has 1 heterocycles. The van der Waals surface area contributed by atoms with Crippen LogP contribution in [-0.2, 0) is 0 Å². The van der Waals surface area contributed by atoms with E-state index in [0.29, 0.717) is 0 Å². The highest BCUT2D eigenvalue weighted by molar-refractivity contribution is 6.08. The molecule has 0 aliphatic heterocycles. The van der Waals surface area contributed by atoms with Gasteiger partial charge < -0.3 is 0 Å². The molecule has 0 aromatic carbocycles. The van der Waals surface area contributed by atoms with Crippen LogP contribution in [0.3, 0.4) is 0 Å². The summed E-state index contributed by atoms with van der Waals surface area (Å²) in [5.41, 5.74) is 0. The average molecular weight is 285 g/mol. The summed E-state index contributed by atoms with van der Waals surface area (Å²) in [5, 5.41) is 0. The third-order valence-electron chi connectivity index (χ3n) is 4.37. The predicted molar refractivity (Wildman–Crippen MR) is 93.7 cm³/mol. The van der Waals surface area contributed by atoms with Crippen LogP contribution in [0.4, 0.5) is 0 Å². The van der Waals surface area contributed by atoms with Gasteiger partial charge in [0.2, 0.25) is 0 Å². The van der Waals surface area contributed by atoms with Crippen molar-refractivity contribution in [2.45, 2.75) is 83.4 Å². The maximum Gasteiger partial charge on any atom is 0.0653 e. The zero-order valence-electron chi connectivity index (χ0n) is 13.7. The van der Waals surface area contributed by atoms with E-state index >= 15 is 0 Å². The van der Waals surface area contributed by atoms with Crippen LogP contribution >= 0.6 is 0 Å². The van der Waals surface area contributed by atoms with Gasteiger partial charge in [0, 0.05) is 12.4 Å². The van der Waals surface area contributed by atoms with E-state index in [1.54, 1.807) is 12.4 Å². The lowest BCUT2D eigenvalue weighted by Gasteiger charge is -2.16. The lowest BCUT2D eigenvalue weighted by molar-refractivity contribution is 0.385. The number of aromatic nitrogens is 1. The Morgan fingerprint density at radius 2 is 1.19 bits per heavy atom. The smallest absolute Gasteiger partial charge is 0.0653 e. The van der Waals surface area contributed by atoms with Crippen molar-refractivity contribution in [2.24, 2.45) is 5.92 Å². The van der Waals surface area contributed by atoms with Gasteiger partial charge in [-0.25, -0.2) is 0 Å². The number of hydrogen-bond acceptors (Lipinski definition) is 1. The van der Waals surface area contributed by atoms with Crippen LogP contribution in [0.1, 0.15) is 77.0 Å². The van der Waals surface area contributed by atoms with E-state index in [4.69, 9.17) is 7.85 Å². The zero-order chi connectivity index (χ0) is 15.0. The minimum Gasteiger partial charge on any atom is -0.265 e. The standard InChI is InChI=1S/C14H27B.C5H5N/c15-13-12-14-10-8-6-4-2-1-3-5-7-9-11-14;1-2-4-6-5-3-1/h14H,1-13H2;1-5H. The Morgan fingerprint density at radius 3 is 1.52 bits per heavy atom. The van der Waals surface area contributed by atoms with Crippen molar-refractivity contribution in [1.29, 1.82) is 0 Å². The average Bonchev–Trinajstić information content (AvgIpc) is 2.52. The highest BCUT2D eigenvalue weighted by Gasteiger charge is 2.07. The summed E-state index contributed by atoms with van der Waals surface area (Å²) in [5.74, 6) is 0.939. The molecule has 1 saturated carbocycles. The first-order valence-corrected chi connectivity index (χ1v) is 8.98. The SMILES string of the molecule is [B]CCC1CCCCCCCCCCC1.c1ccncc1. The van der Waals surface area contributed by atoms with Gasteiger partial charge in [-0.3, -0.25) is 4.98 Å². The van der Waals surface area contributed by atoms with Crippen LogP contribution in [0.5, 0.6) is 0 Å². The highest BCUT2D eigenvalue weighted by atomic mass is 14.6. The predicted octanol–water partition coefficient (Wildman–Crippen LogP) is 5.97. The number of nitrogens with zero attached hydrogens (tertiary/aromatic N) is 1. The van der Waals surface area contributed by atoms with E-state index < -0.39 is 0 Å². The van der Waals surface area contributed by atoms with E-state index in [2.05, 4.69) is 4.98 Å². The van der Waals surface area contributed by atoms with Gasteiger partial charge in [-0.15, -0.1) is 0 Å². The lowest BCUT2D eigenvalue weighted by atomic mass is 9.85. The monoisotopic (exact) mass is 285 g/mol. The van der Waals surface area contributed by atoms with Crippen molar-refractivity contribution in [3.63, 3.8) is 0 Å². The summed E-state index contributed by atoms with van der Waals surface area (Å²) in [6.45, 7) is 0. The molecule has 1 nitrogen and oxygen atoms in total. The molecule has 116 valence electrons. The van der Waals surface area contributed by atoms with E-state index in [0.717, 1.165) is 12.2 Å². The van der Waals surface area contributed by atoms with Crippen molar-refractivity contribution in [2.75, 3.05) is 0 Å². The van der Waals surface area contributed by atoms with Gasteiger partial charge in [0.25, 0.3) is 0 Å².